The van der Waals surface area contributed by atoms with Crippen LogP contribution in [0.15, 0.2) is 48.6 Å². The summed E-state index contributed by atoms with van der Waals surface area (Å²) in [5.41, 5.74) is 0. The van der Waals surface area contributed by atoms with E-state index in [1.807, 2.05) is 30.3 Å². The average Bonchev–Trinajstić information content (AvgIpc) is 3.36. The molecule has 3 aliphatic rings. The maximum atomic E-state index is 9.53. The van der Waals surface area contributed by atoms with Crippen molar-refractivity contribution in [2.45, 2.75) is 121 Å². The molecule has 1 saturated carbocycles. The Morgan fingerprint density at radius 3 is 2.34 bits per heavy atom. The third-order valence-electron chi connectivity index (χ3n) is 9.57. The van der Waals surface area contributed by atoms with E-state index in [-0.39, 0.29) is 49.3 Å². The minimum atomic E-state index is -1.87. The van der Waals surface area contributed by atoms with E-state index < -0.39 is 8.32 Å². The van der Waals surface area contributed by atoms with Crippen LogP contribution in [0.4, 0.5) is 0 Å². The molecule has 44 heavy (non-hydrogen) atoms. The summed E-state index contributed by atoms with van der Waals surface area (Å²) in [5, 5.41) is 10.2. The molecule has 4 rings (SSSR count). The second kappa shape index (κ2) is 18.8. The molecule has 0 aromatic heterocycles. The summed E-state index contributed by atoms with van der Waals surface area (Å²) >= 11 is 6.22. The highest BCUT2D eigenvalue weighted by atomic mass is 35.5. The third-order valence-corrected chi connectivity index (χ3v) is 14.5. The second-order valence-electron chi connectivity index (χ2n) is 12.4. The predicted octanol–water partition coefficient (Wildman–Crippen LogP) is 8.06. The zero-order valence-electron chi connectivity index (χ0n) is 27.0. The lowest BCUT2D eigenvalue weighted by molar-refractivity contribution is -0.193. The quantitative estimate of drug-likeness (QED) is 0.135. The van der Waals surface area contributed by atoms with Crippen LogP contribution in [0.1, 0.15) is 72.1 Å². The molecule has 0 spiro atoms. The Morgan fingerprint density at radius 1 is 0.977 bits per heavy atom. The molecule has 9 heteroatoms. The van der Waals surface area contributed by atoms with Crippen molar-refractivity contribution in [2.75, 3.05) is 26.4 Å². The molecule has 1 aliphatic carbocycles. The first-order valence-corrected chi connectivity index (χ1v) is 19.9. The van der Waals surface area contributed by atoms with Gasteiger partial charge in [-0.05, 0) is 93.6 Å². The number of aliphatic hydroxyl groups excluding tert-OH is 1. The zero-order chi connectivity index (χ0) is 31.2. The van der Waals surface area contributed by atoms with Gasteiger partial charge in [0.05, 0.1) is 18.8 Å². The summed E-state index contributed by atoms with van der Waals surface area (Å²) in [6.45, 7) is 8.68. The van der Waals surface area contributed by atoms with Gasteiger partial charge in [0.1, 0.15) is 18.5 Å². The van der Waals surface area contributed by atoms with Crippen LogP contribution in [0, 0.1) is 11.8 Å². The number of rotatable bonds is 17. The first kappa shape index (κ1) is 35.6. The smallest absolute Gasteiger partial charge is 0.192 e. The van der Waals surface area contributed by atoms with Gasteiger partial charge in [-0.1, -0.05) is 62.7 Å². The van der Waals surface area contributed by atoms with Crippen LogP contribution in [-0.2, 0) is 23.4 Å². The monoisotopic (exact) mass is 650 g/mol. The number of allylic oxidation sites excluding steroid dienone is 1. The summed E-state index contributed by atoms with van der Waals surface area (Å²) in [6, 6.07) is 10.8. The lowest BCUT2D eigenvalue weighted by atomic mass is 9.89. The molecule has 248 valence electrons. The zero-order valence-corrected chi connectivity index (χ0v) is 28.8. The van der Waals surface area contributed by atoms with Gasteiger partial charge in [-0.15, -0.1) is 0 Å². The van der Waals surface area contributed by atoms with E-state index in [1.54, 1.807) is 0 Å². The molecular weight excluding hydrogens is 596 g/mol. The molecule has 3 fully saturated rings. The normalized spacial score (nSPS) is 29.0. The van der Waals surface area contributed by atoms with Gasteiger partial charge in [0.25, 0.3) is 0 Å². The van der Waals surface area contributed by atoms with Gasteiger partial charge in [-0.25, -0.2) is 0 Å². The predicted molar refractivity (Wildman–Crippen MR) is 178 cm³/mol. The summed E-state index contributed by atoms with van der Waals surface area (Å²) in [7, 11) is -1.87. The molecule has 0 bridgehead atoms. The van der Waals surface area contributed by atoms with E-state index in [9.17, 15) is 5.11 Å². The van der Waals surface area contributed by atoms with Crippen molar-refractivity contribution in [1.82, 2.24) is 0 Å². The van der Waals surface area contributed by atoms with E-state index in [4.69, 9.17) is 39.7 Å². The first-order valence-electron chi connectivity index (χ1n) is 17.0. The molecule has 7 nitrogen and oxygen atoms in total. The molecule has 2 aliphatic heterocycles. The van der Waals surface area contributed by atoms with Gasteiger partial charge in [0.2, 0.25) is 0 Å². The number of benzene rings is 1. The van der Waals surface area contributed by atoms with Crippen molar-refractivity contribution in [3.8, 4) is 5.75 Å². The fourth-order valence-electron chi connectivity index (χ4n) is 6.75. The Kier molecular flexibility index (Phi) is 15.2. The van der Waals surface area contributed by atoms with E-state index in [0.717, 1.165) is 76.1 Å². The van der Waals surface area contributed by atoms with Gasteiger partial charge >= 0.3 is 0 Å². The van der Waals surface area contributed by atoms with Crippen LogP contribution in [0.5, 0.6) is 5.75 Å². The molecular formula is C35H55ClO7Si. The Morgan fingerprint density at radius 2 is 1.70 bits per heavy atom. The largest absolute Gasteiger partial charge is 0.490 e. The molecule has 1 N–H and O–H groups in total. The van der Waals surface area contributed by atoms with E-state index in [2.05, 4.69) is 39.0 Å². The van der Waals surface area contributed by atoms with Crippen LogP contribution < -0.4 is 4.74 Å². The van der Waals surface area contributed by atoms with Crippen molar-refractivity contribution in [3.05, 3.63) is 53.6 Å². The SMILES string of the molecule is CC[Si](CC)(CC)O[C@H]1C[C@@H](OC2CCCCO2)[C@H](C=C[C@H](COc2cccc(Cl)c2)OC2CCCCO2)[C@H]1CC=CCO. The van der Waals surface area contributed by atoms with Gasteiger partial charge in [-0.2, -0.15) is 0 Å². The standard InChI is InChI=1S/C35H55ClO7Si/c1-4-44(5-2,6-3)43-33-25-32(42-35-18-9-12-23-39-35)31(30(33)16-7-10-21-37)20-19-29(41-34-17-8-11-22-38-34)26-40-28-15-13-14-27(36)24-28/h7,10,13-15,19-20,24,29-35,37H,4-6,8-9,11-12,16-18,21-23,25-26H2,1-3H3/t29-,30-,31-,32-,33+,34?,35?/m1/s1. The molecule has 7 atom stereocenters. The van der Waals surface area contributed by atoms with Crippen LogP contribution in [-0.4, -0.2) is 70.7 Å². The van der Waals surface area contributed by atoms with Crippen molar-refractivity contribution < 1.29 is 33.2 Å². The Labute approximate surface area is 271 Å². The van der Waals surface area contributed by atoms with Crippen LogP contribution in [0.2, 0.25) is 23.2 Å². The van der Waals surface area contributed by atoms with Crippen LogP contribution in [0.25, 0.3) is 0 Å². The Hall–Kier alpha value is -1.23. The number of ether oxygens (including phenoxy) is 5. The number of hydrogen-bond donors (Lipinski definition) is 1. The lowest BCUT2D eigenvalue weighted by Gasteiger charge is -2.34. The number of halogens is 1. The van der Waals surface area contributed by atoms with Gasteiger partial charge < -0.3 is 33.2 Å². The van der Waals surface area contributed by atoms with Crippen LogP contribution >= 0.6 is 11.6 Å². The number of aliphatic hydroxyl groups is 1. The molecule has 2 saturated heterocycles. The lowest BCUT2D eigenvalue weighted by Crippen LogP contribution is -2.41. The van der Waals surface area contributed by atoms with Gasteiger partial charge in [-0.3, -0.25) is 0 Å². The van der Waals surface area contributed by atoms with Crippen LogP contribution in [0.3, 0.4) is 0 Å². The summed E-state index contributed by atoms with van der Waals surface area (Å²) in [5.74, 6) is 1.01. The Balaban J connectivity index is 1.59. The summed E-state index contributed by atoms with van der Waals surface area (Å²) in [6.07, 6.45) is 15.4. The second-order valence-corrected chi connectivity index (χ2v) is 17.5. The van der Waals surface area contributed by atoms with Crippen molar-refractivity contribution in [1.29, 1.82) is 0 Å². The minimum Gasteiger partial charge on any atom is -0.490 e. The van der Waals surface area contributed by atoms with E-state index in [1.165, 1.54) is 0 Å². The fraction of sp³-hybridized carbons (Fsp3) is 0.714. The third kappa shape index (κ3) is 10.7. The molecule has 0 radical (unpaired) electrons. The molecule has 2 heterocycles. The minimum absolute atomic E-state index is 0.0320. The average molecular weight is 651 g/mol. The first-order chi connectivity index (χ1) is 21.5. The van der Waals surface area contributed by atoms with Crippen molar-refractivity contribution >= 4 is 19.9 Å². The number of hydrogen-bond acceptors (Lipinski definition) is 7. The molecule has 0 amide bonds. The molecule has 1 aromatic carbocycles. The fourth-order valence-corrected chi connectivity index (χ4v) is 9.84. The highest BCUT2D eigenvalue weighted by Gasteiger charge is 2.47. The highest BCUT2D eigenvalue weighted by Crippen LogP contribution is 2.43. The topological polar surface area (TPSA) is 75.6 Å². The van der Waals surface area contributed by atoms with Gasteiger partial charge in [0, 0.05) is 24.2 Å². The highest BCUT2D eigenvalue weighted by molar-refractivity contribution is 6.73. The van der Waals surface area contributed by atoms with Crippen molar-refractivity contribution in [3.63, 3.8) is 0 Å². The maximum absolute atomic E-state index is 9.53. The van der Waals surface area contributed by atoms with Gasteiger partial charge in [0.15, 0.2) is 20.9 Å². The van der Waals surface area contributed by atoms with E-state index >= 15 is 0 Å². The van der Waals surface area contributed by atoms with Crippen molar-refractivity contribution in [2.24, 2.45) is 11.8 Å². The van der Waals surface area contributed by atoms with E-state index in [0.29, 0.717) is 24.0 Å². The summed E-state index contributed by atoms with van der Waals surface area (Å²) in [4.78, 5) is 0. The summed E-state index contributed by atoms with van der Waals surface area (Å²) < 4.78 is 38.6. The molecule has 2 unspecified atom stereocenters. The Bertz CT molecular complexity index is 998. The molecule has 1 aromatic rings. The maximum Gasteiger partial charge on any atom is 0.192 e.